The molecule has 1 aliphatic heterocycles. The van der Waals surface area contributed by atoms with E-state index in [1.54, 1.807) is 22.9 Å². The number of halogens is 2. The number of thioether (sulfide) groups is 1. The van der Waals surface area contributed by atoms with Crippen LogP contribution in [0.4, 0.5) is 19.3 Å². The Balaban J connectivity index is 1.14. The number of aromatic nitrogens is 2. The Morgan fingerprint density at radius 2 is 1.59 bits per heavy atom. The Kier molecular flexibility index (Phi) is 23.9. The summed E-state index contributed by atoms with van der Waals surface area (Å²) in [6.45, 7) is 5.54. The van der Waals surface area contributed by atoms with Gasteiger partial charge in [-0.2, -0.15) is 0 Å². The molecular formula is C56H71F2N11O12S. The van der Waals surface area contributed by atoms with E-state index in [9.17, 15) is 57.4 Å². The van der Waals surface area contributed by atoms with Crippen LogP contribution in [-0.2, 0) is 56.1 Å². The highest BCUT2D eigenvalue weighted by Gasteiger charge is 2.41. The zero-order valence-electron chi connectivity index (χ0n) is 46.0. The van der Waals surface area contributed by atoms with Crippen molar-refractivity contribution in [1.82, 2.24) is 35.3 Å². The van der Waals surface area contributed by atoms with Gasteiger partial charge in [0.2, 0.25) is 35.4 Å². The quantitative estimate of drug-likeness (QED) is 0.0258. The molecular weight excluding hydrogens is 1090 g/mol. The highest BCUT2D eigenvalue weighted by molar-refractivity contribution is 8.00. The molecule has 1 fully saturated rings. The molecule has 442 valence electrons. The van der Waals surface area contributed by atoms with Gasteiger partial charge in [-0.15, -0.1) is 11.8 Å². The van der Waals surface area contributed by atoms with E-state index >= 15 is 4.39 Å². The number of imidazole rings is 1. The number of Topliss-reactive ketones (excluding diaryl/α,β-unsaturated/α-hetero) is 2. The predicted octanol–water partition coefficient (Wildman–Crippen LogP) is 2.56. The van der Waals surface area contributed by atoms with Crippen LogP contribution in [0.2, 0.25) is 0 Å². The van der Waals surface area contributed by atoms with Crippen molar-refractivity contribution in [3.05, 3.63) is 108 Å². The molecule has 1 aromatic heterocycles. The number of carboxylic acid groups (broad SMARTS) is 1. The summed E-state index contributed by atoms with van der Waals surface area (Å²) in [4.78, 5) is 135. The molecule has 8 amide bonds. The van der Waals surface area contributed by atoms with Crippen molar-refractivity contribution in [2.24, 2.45) is 28.5 Å². The second-order valence-electron chi connectivity index (χ2n) is 21.0. The molecule has 0 saturated carbocycles. The number of likely N-dealkylation sites (tertiary alicyclic amines) is 1. The lowest BCUT2D eigenvalue weighted by atomic mass is 9.84. The Morgan fingerprint density at radius 3 is 2.23 bits per heavy atom. The number of carbonyl (C=O) groups is 10. The van der Waals surface area contributed by atoms with Crippen LogP contribution in [0.1, 0.15) is 89.2 Å². The Hall–Kier alpha value is -7.94. The van der Waals surface area contributed by atoms with Crippen molar-refractivity contribution in [3.8, 4) is 11.3 Å². The normalized spacial score (nSPS) is 15.2. The van der Waals surface area contributed by atoms with Gasteiger partial charge in [-0.25, -0.2) is 18.6 Å². The molecule has 0 spiro atoms. The lowest BCUT2D eigenvalue weighted by Gasteiger charge is -2.40. The summed E-state index contributed by atoms with van der Waals surface area (Å²) in [5, 5.41) is 28.7. The number of nitrogens with zero attached hydrogens (tertiary/aromatic N) is 4. The van der Waals surface area contributed by atoms with Crippen LogP contribution in [0.5, 0.6) is 0 Å². The number of aliphatic carboxylic acids is 1. The average molecular weight is 1160 g/mol. The van der Waals surface area contributed by atoms with Gasteiger partial charge in [-0.05, 0) is 73.1 Å². The number of primary amides is 1. The van der Waals surface area contributed by atoms with Crippen LogP contribution < -0.4 is 38.5 Å². The molecule has 5 rings (SSSR count). The van der Waals surface area contributed by atoms with Crippen molar-refractivity contribution in [2.75, 3.05) is 43.9 Å². The summed E-state index contributed by atoms with van der Waals surface area (Å²) in [7, 11) is 0. The molecule has 0 bridgehead atoms. The summed E-state index contributed by atoms with van der Waals surface area (Å²) >= 11 is 0.937. The number of anilines is 1. The number of amides is 8. The van der Waals surface area contributed by atoms with E-state index in [-0.39, 0.29) is 88.1 Å². The summed E-state index contributed by atoms with van der Waals surface area (Å²) in [6, 6.07) is 13.2. The van der Waals surface area contributed by atoms with E-state index in [0.29, 0.717) is 17.1 Å². The first-order valence-electron chi connectivity index (χ1n) is 26.5. The standard InChI is InChI=1S/C56H71F2N11O12S/c1-32(44(72)24-35(11-8-20-63-55(61)81)51(76)65-37-15-12-33(13-16-37)23-38(71)28-69-47(74)26-45(53(69)78)82-31-42(60)54(79)80)64-46(73)18-21-62-52(77)41(59)19-22-68(48(75)30-70)49(56(2,3)4)50-66-43(39-25-36(57)14-17-40(39)58)29-67(50)27-34-9-6-5-7-10-34/h5-7,9-10,12-17,25,29,32,35,41-42,45,49,70H,8,11,18-24,26-28,30-31,59-60H2,1-4H3,(H,62,77)(H,64,73)(H,65,76)(H,79,80)(H3,61,63,81)/t32-,35+,41-,42-,45?,49-/m0/s1. The molecule has 4 aromatic rings. The fraction of sp³-hybridized carbons (Fsp3) is 0.446. The number of urea groups is 1. The number of hydrogen-bond acceptors (Lipinski definition) is 15. The van der Waals surface area contributed by atoms with Crippen molar-refractivity contribution >= 4 is 76.5 Å². The highest BCUT2D eigenvalue weighted by Crippen LogP contribution is 2.40. The van der Waals surface area contributed by atoms with E-state index in [1.807, 2.05) is 51.1 Å². The molecule has 0 aliphatic carbocycles. The largest absolute Gasteiger partial charge is 0.480 e. The third kappa shape index (κ3) is 19.1. The van der Waals surface area contributed by atoms with E-state index in [0.717, 1.165) is 40.4 Å². The smallest absolute Gasteiger partial charge is 0.321 e. The number of rotatable bonds is 31. The van der Waals surface area contributed by atoms with Gasteiger partial charge in [0.15, 0.2) is 11.6 Å². The van der Waals surface area contributed by atoms with Crippen LogP contribution in [0.3, 0.4) is 0 Å². The van der Waals surface area contributed by atoms with Crippen molar-refractivity contribution in [2.45, 2.75) is 109 Å². The van der Waals surface area contributed by atoms with E-state index in [1.165, 1.54) is 24.0 Å². The molecule has 1 saturated heterocycles. The Labute approximate surface area is 476 Å². The number of aliphatic hydroxyl groups excluding tert-OH is 1. The van der Waals surface area contributed by atoms with Gasteiger partial charge in [0.25, 0.3) is 0 Å². The molecule has 12 N–H and O–H groups in total. The minimum absolute atomic E-state index is 0.0952. The number of carboxylic acids is 1. The van der Waals surface area contributed by atoms with Crippen molar-refractivity contribution < 1.29 is 66.9 Å². The topological polar surface area (TPSA) is 362 Å². The zero-order chi connectivity index (χ0) is 60.4. The SMILES string of the molecule is C[C@H](NC(=O)CCNC(=O)[C@@H](N)CCN(C(=O)CO)[C@@H](c1nc(-c2cc(F)ccc2F)cn1Cc1ccccc1)C(C)(C)C)C(=O)C[C@@H](CCCNC(N)=O)C(=O)Nc1ccc(CC(=O)CN2C(=O)CC(SC[C@H](N)C(=O)O)C2=O)cc1. The molecule has 23 nitrogen and oxygen atoms in total. The summed E-state index contributed by atoms with van der Waals surface area (Å²) in [6.07, 6.45) is 0.877. The third-order valence-electron chi connectivity index (χ3n) is 13.4. The molecule has 1 unspecified atom stereocenters. The number of imide groups is 1. The van der Waals surface area contributed by atoms with Crippen LogP contribution in [0.15, 0.2) is 79.0 Å². The summed E-state index contributed by atoms with van der Waals surface area (Å²) < 4.78 is 31.3. The Morgan fingerprint density at radius 1 is 0.890 bits per heavy atom. The number of nitrogens with one attached hydrogen (secondary N) is 4. The molecule has 26 heteroatoms. The van der Waals surface area contributed by atoms with Crippen LogP contribution in [0, 0.1) is 23.0 Å². The monoisotopic (exact) mass is 1160 g/mol. The fourth-order valence-corrected chi connectivity index (χ4v) is 10.2. The molecule has 3 aromatic carbocycles. The molecule has 0 radical (unpaired) electrons. The molecule has 6 atom stereocenters. The van der Waals surface area contributed by atoms with E-state index in [4.69, 9.17) is 27.3 Å². The van der Waals surface area contributed by atoms with Gasteiger partial charge >= 0.3 is 12.0 Å². The number of carbonyl (C=O) groups excluding carboxylic acids is 9. The first-order chi connectivity index (χ1) is 38.7. The first-order valence-corrected chi connectivity index (χ1v) is 27.5. The average Bonchev–Trinajstić information content (AvgIpc) is 3.95. The maximum absolute atomic E-state index is 15.1. The minimum Gasteiger partial charge on any atom is -0.480 e. The number of nitrogens with two attached hydrogens (primary N) is 3. The van der Waals surface area contributed by atoms with Gasteiger partial charge in [0.1, 0.15) is 30.1 Å². The zero-order valence-corrected chi connectivity index (χ0v) is 46.8. The summed E-state index contributed by atoms with van der Waals surface area (Å²) in [5.41, 5.74) is 17.9. The lowest BCUT2D eigenvalue weighted by molar-refractivity contribution is -0.142. The first kappa shape index (κ1) is 64.9. The predicted molar refractivity (Wildman–Crippen MR) is 299 cm³/mol. The van der Waals surface area contributed by atoms with E-state index < -0.39 is 125 Å². The molecule has 2 heterocycles. The second-order valence-corrected chi connectivity index (χ2v) is 22.2. The van der Waals surface area contributed by atoms with Crippen molar-refractivity contribution in [3.63, 3.8) is 0 Å². The molecule has 1 aliphatic rings. The van der Waals surface area contributed by atoms with Gasteiger partial charge in [0, 0.05) is 81.0 Å². The van der Waals surface area contributed by atoms with Gasteiger partial charge in [-0.3, -0.25) is 48.1 Å². The van der Waals surface area contributed by atoms with Crippen LogP contribution in [0.25, 0.3) is 11.3 Å². The number of hydrogen-bond donors (Lipinski definition) is 9. The number of ketones is 2. The number of aliphatic hydroxyl groups is 1. The van der Waals surface area contributed by atoms with Crippen LogP contribution in [-0.4, -0.2) is 150 Å². The number of benzene rings is 3. The van der Waals surface area contributed by atoms with Crippen molar-refractivity contribution in [1.29, 1.82) is 0 Å². The van der Waals surface area contributed by atoms with Gasteiger partial charge < -0.3 is 58.1 Å². The third-order valence-corrected chi connectivity index (χ3v) is 14.7. The van der Waals surface area contributed by atoms with Gasteiger partial charge in [0.05, 0.1) is 35.6 Å². The maximum Gasteiger partial charge on any atom is 0.321 e. The summed E-state index contributed by atoms with van der Waals surface area (Å²) in [5.74, 6) is -8.07. The van der Waals surface area contributed by atoms with Gasteiger partial charge in [-0.1, -0.05) is 63.2 Å². The highest BCUT2D eigenvalue weighted by atomic mass is 32.2. The van der Waals surface area contributed by atoms with E-state index in [2.05, 4.69) is 21.3 Å². The lowest BCUT2D eigenvalue weighted by Crippen LogP contribution is -2.48. The Bertz CT molecular complexity index is 2960. The minimum atomic E-state index is -1.25. The fourth-order valence-electron chi connectivity index (χ4n) is 9.05. The van der Waals surface area contributed by atoms with Crippen LogP contribution >= 0.6 is 11.8 Å². The second kappa shape index (κ2) is 30.2. The molecule has 82 heavy (non-hydrogen) atoms. The maximum atomic E-state index is 15.1.